The van der Waals surface area contributed by atoms with Gasteiger partial charge in [0.05, 0.1) is 5.52 Å². The Balaban J connectivity index is 2.28. The van der Waals surface area contributed by atoms with Crippen molar-refractivity contribution in [1.29, 1.82) is 0 Å². The Bertz CT molecular complexity index is 824. The maximum Gasteiger partial charge on any atom is 0.419 e. The zero-order chi connectivity index (χ0) is 17.6. The van der Waals surface area contributed by atoms with Gasteiger partial charge in [-0.15, -0.1) is 0 Å². The third kappa shape index (κ3) is 2.74. The molecule has 3 rings (SSSR count). The van der Waals surface area contributed by atoms with Crippen molar-refractivity contribution in [3.05, 3.63) is 35.0 Å². The van der Waals surface area contributed by atoms with Crippen molar-refractivity contribution in [2.75, 3.05) is 0 Å². The van der Waals surface area contributed by atoms with Crippen LogP contribution in [0, 0.1) is 0 Å². The molecule has 1 aliphatic rings. The van der Waals surface area contributed by atoms with Gasteiger partial charge in [-0.1, -0.05) is 13.8 Å². The fourth-order valence-electron chi connectivity index (χ4n) is 3.54. The molecule has 0 spiro atoms. The van der Waals surface area contributed by atoms with Gasteiger partial charge in [0.15, 0.2) is 5.78 Å². The highest BCUT2D eigenvalue weighted by Crippen LogP contribution is 2.39. The number of Topliss-reactive ketones (excluding diaryl/α,β-unsaturated/α-hetero) is 1. The van der Waals surface area contributed by atoms with Crippen molar-refractivity contribution in [3.8, 4) is 0 Å². The minimum atomic E-state index is -0.558. The predicted molar refractivity (Wildman–Crippen MR) is 94.9 cm³/mol. The van der Waals surface area contributed by atoms with E-state index in [0.717, 1.165) is 40.4 Å². The van der Waals surface area contributed by atoms with E-state index in [1.807, 2.05) is 32.9 Å². The molecule has 1 heterocycles. The Morgan fingerprint density at radius 2 is 2.08 bits per heavy atom. The predicted octanol–water partition coefficient (Wildman–Crippen LogP) is 5.07. The largest absolute Gasteiger partial charge is 0.443 e. The average molecular weight is 327 g/mol. The smallest absolute Gasteiger partial charge is 0.419 e. The first-order chi connectivity index (χ1) is 11.2. The molecular weight excluding hydrogens is 302 g/mol. The summed E-state index contributed by atoms with van der Waals surface area (Å²) in [7, 11) is 0. The number of hydrogen-bond acceptors (Lipinski definition) is 3. The molecule has 0 radical (unpaired) electrons. The van der Waals surface area contributed by atoms with Gasteiger partial charge in [0, 0.05) is 23.6 Å². The van der Waals surface area contributed by atoms with Crippen LogP contribution < -0.4 is 0 Å². The SMILES string of the molecule is CCc1cc2c(c3c1ccn3C(=O)OC(C)(C)C)[C@@H](C)CCC2=O. The van der Waals surface area contributed by atoms with Crippen molar-refractivity contribution < 1.29 is 14.3 Å². The van der Waals surface area contributed by atoms with Gasteiger partial charge in [-0.05, 0) is 62.8 Å². The number of nitrogens with zero attached hydrogens (tertiary/aromatic N) is 1. The Hall–Kier alpha value is -2.10. The molecule has 128 valence electrons. The molecule has 1 atom stereocenters. The minimum absolute atomic E-state index is 0.177. The number of rotatable bonds is 1. The third-order valence-electron chi connectivity index (χ3n) is 4.66. The molecule has 0 N–H and O–H groups in total. The normalized spacial score (nSPS) is 17.9. The monoisotopic (exact) mass is 327 g/mol. The van der Waals surface area contributed by atoms with Crippen LogP contribution >= 0.6 is 0 Å². The number of carbonyl (C=O) groups excluding carboxylic acids is 2. The molecule has 0 bridgehead atoms. The maximum absolute atomic E-state index is 12.7. The van der Waals surface area contributed by atoms with Crippen LogP contribution in [0.1, 0.15) is 74.9 Å². The van der Waals surface area contributed by atoms with Crippen molar-refractivity contribution in [3.63, 3.8) is 0 Å². The second kappa shape index (κ2) is 5.76. The molecular formula is C20H25NO3. The number of ketones is 1. The minimum Gasteiger partial charge on any atom is -0.443 e. The quantitative estimate of drug-likeness (QED) is 0.735. The summed E-state index contributed by atoms with van der Waals surface area (Å²) >= 11 is 0. The summed E-state index contributed by atoms with van der Waals surface area (Å²) in [5.41, 5.74) is 3.17. The summed E-state index contributed by atoms with van der Waals surface area (Å²) < 4.78 is 7.13. The lowest BCUT2D eigenvalue weighted by molar-refractivity contribution is 0.0543. The van der Waals surface area contributed by atoms with E-state index in [2.05, 4.69) is 13.8 Å². The van der Waals surface area contributed by atoms with Crippen molar-refractivity contribution in [2.45, 2.75) is 65.4 Å². The molecule has 0 amide bonds. The van der Waals surface area contributed by atoms with Gasteiger partial charge in [-0.25, -0.2) is 4.79 Å². The fourth-order valence-corrected chi connectivity index (χ4v) is 3.54. The second-order valence-corrected chi connectivity index (χ2v) is 7.64. The second-order valence-electron chi connectivity index (χ2n) is 7.64. The van der Waals surface area contributed by atoms with E-state index in [-0.39, 0.29) is 11.7 Å². The summed E-state index contributed by atoms with van der Waals surface area (Å²) in [4.78, 5) is 25.1. The number of ether oxygens (including phenoxy) is 1. The van der Waals surface area contributed by atoms with Gasteiger partial charge in [-0.2, -0.15) is 0 Å². The third-order valence-corrected chi connectivity index (χ3v) is 4.66. The zero-order valence-electron chi connectivity index (χ0n) is 15.1. The first-order valence-electron chi connectivity index (χ1n) is 8.66. The highest BCUT2D eigenvalue weighted by Gasteiger charge is 2.29. The summed E-state index contributed by atoms with van der Waals surface area (Å²) in [5, 5.41) is 1.05. The van der Waals surface area contributed by atoms with E-state index in [4.69, 9.17) is 4.74 Å². The average Bonchev–Trinajstić information content (AvgIpc) is 2.93. The molecule has 0 saturated carbocycles. The summed E-state index contributed by atoms with van der Waals surface area (Å²) in [6.45, 7) is 9.77. The lowest BCUT2D eigenvalue weighted by Crippen LogP contribution is -2.27. The van der Waals surface area contributed by atoms with Crippen LogP contribution in [0.4, 0.5) is 4.79 Å². The first kappa shape index (κ1) is 16.7. The van der Waals surface area contributed by atoms with E-state index < -0.39 is 11.7 Å². The van der Waals surface area contributed by atoms with Crippen LogP contribution in [-0.2, 0) is 11.2 Å². The molecule has 1 aliphatic carbocycles. The van der Waals surface area contributed by atoms with Crippen molar-refractivity contribution in [2.24, 2.45) is 0 Å². The molecule has 1 aromatic heterocycles. The van der Waals surface area contributed by atoms with E-state index in [1.165, 1.54) is 0 Å². The van der Waals surface area contributed by atoms with E-state index in [0.29, 0.717) is 6.42 Å². The molecule has 0 unspecified atom stereocenters. The van der Waals surface area contributed by atoms with Gasteiger partial charge in [0.2, 0.25) is 0 Å². The van der Waals surface area contributed by atoms with Crippen molar-refractivity contribution >= 4 is 22.8 Å². The summed E-state index contributed by atoms with van der Waals surface area (Å²) in [6.07, 6.45) is 3.61. The maximum atomic E-state index is 12.7. The number of aromatic nitrogens is 1. The van der Waals surface area contributed by atoms with Crippen LogP contribution in [0.5, 0.6) is 0 Å². The van der Waals surface area contributed by atoms with Crippen LogP contribution in [0.2, 0.25) is 0 Å². The van der Waals surface area contributed by atoms with E-state index in [1.54, 1.807) is 10.8 Å². The van der Waals surface area contributed by atoms with Gasteiger partial charge in [0.25, 0.3) is 0 Å². The number of aryl methyl sites for hydroxylation is 1. The standard InChI is InChI=1S/C20H25NO3/c1-6-13-11-15-16(22)8-7-12(2)17(15)18-14(13)9-10-21(18)19(23)24-20(3,4)5/h9-12H,6-8H2,1-5H3/t12-/m0/s1. The zero-order valence-corrected chi connectivity index (χ0v) is 15.1. The van der Waals surface area contributed by atoms with Crippen LogP contribution in [0.3, 0.4) is 0 Å². The van der Waals surface area contributed by atoms with E-state index >= 15 is 0 Å². The molecule has 2 aromatic rings. The van der Waals surface area contributed by atoms with Gasteiger partial charge >= 0.3 is 6.09 Å². The highest BCUT2D eigenvalue weighted by atomic mass is 16.6. The van der Waals surface area contributed by atoms with Crippen LogP contribution in [0.25, 0.3) is 10.9 Å². The van der Waals surface area contributed by atoms with Gasteiger partial charge < -0.3 is 4.74 Å². The van der Waals surface area contributed by atoms with Gasteiger partial charge in [-0.3, -0.25) is 9.36 Å². The Labute approximate surface area is 142 Å². The molecule has 1 aromatic carbocycles. The summed E-state index contributed by atoms with van der Waals surface area (Å²) in [5.74, 6) is 0.429. The molecule has 0 saturated heterocycles. The van der Waals surface area contributed by atoms with Gasteiger partial charge in [0.1, 0.15) is 5.60 Å². The number of benzene rings is 1. The molecule has 24 heavy (non-hydrogen) atoms. The highest BCUT2D eigenvalue weighted by molar-refractivity contribution is 6.06. The summed E-state index contributed by atoms with van der Waals surface area (Å²) in [6, 6.07) is 3.99. The Morgan fingerprint density at radius 3 is 2.71 bits per heavy atom. The fraction of sp³-hybridized carbons (Fsp3) is 0.500. The van der Waals surface area contributed by atoms with Crippen LogP contribution in [-0.4, -0.2) is 22.0 Å². The molecule has 4 heteroatoms. The lowest BCUT2D eigenvalue weighted by atomic mass is 9.80. The van der Waals surface area contributed by atoms with E-state index in [9.17, 15) is 9.59 Å². The topological polar surface area (TPSA) is 48.3 Å². The Morgan fingerprint density at radius 1 is 1.38 bits per heavy atom. The molecule has 0 aliphatic heterocycles. The van der Waals surface area contributed by atoms with Crippen LogP contribution in [0.15, 0.2) is 18.3 Å². The molecule has 4 nitrogen and oxygen atoms in total. The first-order valence-corrected chi connectivity index (χ1v) is 8.66. The lowest BCUT2D eigenvalue weighted by Gasteiger charge is -2.25. The number of fused-ring (bicyclic) bond motifs is 3. The molecule has 0 fully saturated rings. The number of hydrogen-bond donors (Lipinski definition) is 0. The van der Waals surface area contributed by atoms with Crippen molar-refractivity contribution in [1.82, 2.24) is 4.57 Å². The Kier molecular flexibility index (Phi) is 4.02. The number of carbonyl (C=O) groups is 2.